The Bertz CT molecular complexity index is 348. The first-order valence-corrected chi connectivity index (χ1v) is 6.19. The fourth-order valence-electron chi connectivity index (χ4n) is 1.44. The second kappa shape index (κ2) is 4.10. The molecule has 1 amide bonds. The molecule has 5 nitrogen and oxygen atoms in total. The molecule has 0 aromatic heterocycles. The van der Waals surface area contributed by atoms with Gasteiger partial charge in [0.1, 0.15) is 0 Å². The normalized spacial score (nSPS) is 26.4. The summed E-state index contributed by atoms with van der Waals surface area (Å²) >= 11 is 0. The predicted octanol–water partition coefficient (Wildman–Crippen LogP) is -0.774. The molecule has 80 valence electrons. The molecule has 2 unspecified atom stereocenters. The quantitative estimate of drug-likeness (QED) is 0.611. The summed E-state index contributed by atoms with van der Waals surface area (Å²) in [5.41, 5.74) is 0. The molecular formula is C8H14N2O3S. The zero-order valence-electron chi connectivity index (χ0n) is 8.15. The van der Waals surface area contributed by atoms with Crippen LogP contribution in [0, 0.1) is 5.92 Å². The Labute approximate surface area is 83.6 Å². The van der Waals surface area contributed by atoms with Gasteiger partial charge in [-0.25, -0.2) is 13.1 Å². The zero-order valence-corrected chi connectivity index (χ0v) is 8.97. The average Bonchev–Trinajstić information content (AvgIpc) is 2.48. The van der Waals surface area contributed by atoms with Crippen LogP contribution >= 0.6 is 0 Å². The van der Waals surface area contributed by atoms with Gasteiger partial charge in [0.25, 0.3) is 0 Å². The highest BCUT2D eigenvalue weighted by Crippen LogP contribution is 2.18. The summed E-state index contributed by atoms with van der Waals surface area (Å²) in [5.74, 6) is -0.307. The first-order valence-electron chi connectivity index (χ1n) is 4.29. The maximum Gasteiger partial charge on any atom is 0.226 e. The Kier molecular flexibility index (Phi) is 3.28. The molecule has 0 saturated carbocycles. The van der Waals surface area contributed by atoms with Crippen LogP contribution in [0.1, 0.15) is 6.42 Å². The second-order valence-corrected chi connectivity index (χ2v) is 5.12. The van der Waals surface area contributed by atoms with Crippen LogP contribution in [0.2, 0.25) is 0 Å². The number of amides is 1. The fraction of sp³-hybridized carbons (Fsp3) is 0.625. The molecular weight excluding hydrogens is 204 g/mol. The van der Waals surface area contributed by atoms with E-state index in [4.69, 9.17) is 0 Å². The number of hydrogen-bond donors (Lipinski definition) is 2. The summed E-state index contributed by atoms with van der Waals surface area (Å²) in [6.07, 6.45) is 5.03. The second-order valence-electron chi connectivity index (χ2n) is 3.34. The molecule has 1 rings (SSSR count). The van der Waals surface area contributed by atoms with E-state index in [1.54, 1.807) is 19.2 Å². The van der Waals surface area contributed by atoms with Crippen LogP contribution in [0.15, 0.2) is 12.2 Å². The molecule has 0 heterocycles. The molecule has 14 heavy (non-hydrogen) atoms. The van der Waals surface area contributed by atoms with Crippen molar-refractivity contribution in [3.05, 3.63) is 12.2 Å². The van der Waals surface area contributed by atoms with Gasteiger partial charge >= 0.3 is 0 Å². The molecule has 0 aliphatic heterocycles. The van der Waals surface area contributed by atoms with Crippen molar-refractivity contribution >= 4 is 15.9 Å². The number of nitrogens with one attached hydrogen (secondary N) is 2. The van der Waals surface area contributed by atoms with E-state index in [2.05, 4.69) is 10.0 Å². The van der Waals surface area contributed by atoms with Gasteiger partial charge in [-0.2, -0.15) is 0 Å². The van der Waals surface area contributed by atoms with Crippen LogP contribution in [-0.4, -0.2) is 33.7 Å². The third-order valence-corrected chi connectivity index (χ3v) is 2.76. The van der Waals surface area contributed by atoms with Gasteiger partial charge < -0.3 is 5.32 Å². The average molecular weight is 218 g/mol. The first kappa shape index (κ1) is 11.2. The van der Waals surface area contributed by atoms with Crippen LogP contribution in [0.4, 0.5) is 0 Å². The highest BCUT2D eigenvalue weighted by atomic mass is 32.2. The number of sulfonamides is 1. The summed E-state index contributed by atoms with van der Waals surface area (Å²) in [4.78, 5) is 11.2. The minimum absolute atomic E-state index is 0.0842. The van der Waals surface area contributed by atoms with E-state index in [-0.39, 0.29) is 17.9 Å². The van der Waals surface area contributed by atoms with Crippen LogP contribution in [-0.2, 0) is 14.8 Å². The first-order chi connectivity index (χ1) is 6.42. The maximum atomic E-state index is 11.2. The molecule has 0 aromatic rings. The lowest BCUT2D eigenvalue weighted by molar-refractivity contribution is -0.123. The van der Waals surface area contributed by atoms with Gasteiger partial charge in [-0.3, -0.25) is 4.79 Å². The largest absolute Gasteiger partial charge is 0.359 e. The van der Waals surface area contributed by atoms with E-state index in [9.17, 15) is 13.2 Å². The number of rotatable bonds is 3. The molecule has 0 fully saturated rings. The van der Waals surface area contributed by atoms with Crippen molar-refractivity contribution in [3.63, 3.8) is 0 Å². The monoisotopic (exact) mass is 218 g/mol. The van der Waals surface area contributed by atoms with Crippen LogP contribution < -0.4 is 10.0 Å². The molecule has 1 aliphatic carbocycles. The van der Waals surface area contributed by atoms with E-state index in [1.165, 1.54) is 0 Å². The molecule has 2 atom stereocenters. The van der Waals surface area contributed by atoms with E-state index in [0.29, 0.717) is 6.42 Å². The van der Waals surface area contributed by atoms with Gasteiger partial charge in [0.2, 0.25) is 15.9 Å². The molecule has 0 bridgehead atoms. The van der Waals surface area contributed by atoms with Gasteiger partial charge in [-0.05, 0) is 6.42 Å². The van der Waals surface area contributed by atoms with Gasteiger partial charge in [0.15, 0.2) is 0 Å². The number of hydrogen-bond acceptors (Lipinski definition) is 3. The fourth-order valence-corrected chi connectivity index (χ4v) is 2.17. The summed E-state index contributed by atoms with van der Waals surface area (Å²) in [7, 11) is -1.63. The minimum atomic E-state index is -3.20. The van der Waals surface area contributed by atoms with Gasteiger partial charge in [0.05, 0.1) is 12.2 Å². The zero-order chi connectivity index (χ0) is 10.8. The molecule has 1 aliphatic rings. The molecule has 0 aromatic carbocycles. The van der Waals surface area contributed by atoms with Gasteiger partial charge in [0, 0.05) is 13.1 Å². The maximum absolute atomic E-state index is 11.2. The Morgan fingerprint density at radius 2 is 2.07 bits per heavy atom. The molecule has 2 N–H and O–H groups in total. The van der Waals surface area contributed by atoms with E-state index < -0.39 is 10.0 Å². The lowest BCUT2D eigenvalue weighted by Crippen LogP contribution is -2.33. The molecule has 6 heteroatoms. The van der Waals surface area contributed by atoms with Crippen molar-refractivity contribution in [1.82, 2.24) is 10.0 Å². The lowest BCUT2D eigenvalue weighted by atomic mass is 10.1. The summed E-state index contributed by atoms with van der Waals surface area (Å²) in [6.45, 7) is 0. The summed E-state index contributed by atoms with van der Waals surface area (Å²) < 4.78 is 24.2. The van der Waals surface area contributed by atoms with Crippen molar-refractivity contribution in [2.75, 3.05) is 13.3 Å². The van der Waals surface area contributed by atoms with Gasteiger partial charge in [-0.1, -0.05) is 12.2 Å². The topological polar surface area (TPSA) is 75.3 Å². The van der Waals surface area contributed by atoms with Crippen molar-refractivity contribution < 1.29 is 13.2 Å². The third kappa shape index (κ3) is 3.12. The van der Waals surface area contributed by atoms with E-state index >= 15 is 0 Å². The van der Waals surface area contributed by atoms with E-state index in [0.717, 1.165) is 6.26 Å². The van der Waals surface area contributed by atoms with Crippen molar-refractivity contribution in [3.8, 4) is 0 Å². The molecule has 0 saturated heterocycles. The van der Waals surface area contributed by atoms with Crippen LogP contribution in [0.3, 0.4) is 0 Å². The minimum Gasteiger partial charge on any atom is -0.359 e. The van der Waals surface area contributed by atoms with Crippen molar-refractivity contribution in [1.29, 1.82) is 0 Å². The number of carbonyl (C=O) groups excluding carboxylic acids is 1. The third-order valence-electron chi connectivity index (χ3n) is 2.03. The van der Waals surface area contributed by atoms with Crippen molar-refractivity contribution in [2.45, 2.75) is 12.5 Å². The standard InChI is InChI=1S/C8H14N2O3S/c1-9-8(11)6-3-4-7(5-6)10-14(2,12)13/h3-4,6-7,10H,5H2,1-2H3,(H,9,11). The number of carbonyl (C=O) groups is 1. The van der Waals surface area contributed by atoms with E-state index in [1.807, 2.05) is 0 Å². The Hall–Kier alpha value is -0.880. The smallest absolute Gasteiger partial charge is 0.226 e. The Morgan fingerprint density at radius 3 is 2.57 bits per heavy atom. The van der Waals surface area contributed by atoms with Gasteiger partial charge in [-0.15, -0.1) is 0 Å². The summed E-state index contributed by atoms with van der Waals surface area (Å²) in [5, 5.41) is 2.52. The van der Waals surface area contributed by atoms with Crippen molar-refractivity contribution in [2.24, 2.45) is 5.92 Å². The predicted molar refractivity (Wildman–Crippen MR) is 53.1 cm³/mol. The Morgan fingerprint density at radius 1 is 1.43 bits per heavy atom. The molecule has 0 spiro atoms. The summed E-state index contributed by atoms with van der Waals surface area (Å²) in [6, 6.07) is -0.257. The van der Waals surface area contributed by atoms with Crippen LogP contribution in [0.25, 0.3) is 0 Å². The highest BCUT2D eigenvalue weighted by Gasteiger charge is 2.25. The SMILES string of the molecule is CNC(=O)C1C=CC(NS(C)(=O)=O)C1. The van der Waals surface area contributed by atoms with Crippen LogP contribution in [0.5, 0.6) is 0 Å². The lowest BCUT2D eigenvalue weighted by Gasteiger charge is -2.11. The highest BCUT2D eigenvalue weighted by molar-refractivity contribution is 7.88. The Balaban J connectivity index is 2.52. The molecule has 0 radical (unpaired) electrons.